The Kier molecular flexibility index (Phi) is 4.74. The Morgan fingerprint density at radius 2 is 2.11 bits per heavy atom. The summed E-state index contributed by atoms with van der Waals surface area (Å²) in [5.41, 5.74) is 1.18. The van der Waals surface area contributed by atoms with Crippen molar-refractivity contribution in [1.82, 2.24) is 4.90 Å². The zero-order valence-electron chi connectivity index (χ0n) is 11.3. The van der Waals surface area contributed by atoms with Gasteiger partial charge in [0.1, 0.15) is 0 Å². The van der Waals surface area contributed by atoms with Crippen LogP contribution >= 0.6 is 0 Å². The molecular weight excluding hydrogens is 238 g/mol. The van der Waals surface area contributed by atoms with Gasteiger partial charge < -0.3 is 5.11 Å². The third kappa shape index (κ3) is 4.21. The minimum Gasteiger partial charge on any atom is -0.481 e. The van der Waals surface area contributed by atoms with Crippen molar-refractivity contribution in [2.75, 3.05) is 19.6 Å². The lowest BCUT2D eigenvalue weighted by molar-refractivity contribution is -0.144. The summed E-state index contributed by atoms with van der Waals surface area (Å²) in [5, 5.41) is 9.13. The Morgan fingerprint density at radius 1 is 1.37 bits per heavy atom. The van der Waals surface area contributed by atoms with Crippen LogP contribution in [0.15, 0.2) is 36.4 Å². The van der Waals surface area contributed by atoms with Gasteiger partial charge in [0, 0.05) is 19.6 Å². The van der Waals surface area contributed by atoms with E-state index < -0.39 is 5.97 Å². The van der Waals surface area contributed by atoms with E-state index in [2.05, 4.69) is 36.1 Å². The van der Waals surface area contributed by atoms with Crippen molar-refractivity contribution in [2.24, 2.45) is 11.8 Å². The Balaban J connectivity index is 1.88. The van der Waals surface area contributed by atoms with Crippen molar-refractivity contribution < 1.29 is 9.90 Å². The van der Waals surface area contributed by atoms with Crippen LogP contribution < -0.4 is 0 Å². The molecule has 3 nitrogen and oxygen atoms in total. The summed E-state index contributed by atoms with van der Waals surface area (Å²) >= 11 is 0. The Labute approximate surface area is 114 Å². The van der Waals surface area contributed by atoms with Crippen LogP contribution in [0.2, 0.25) is 0 Å². The molecule has 1 saturated heterocycles. The topological polar surface area (TPSA) is 40.5 Å². The molecule has 2 rings (SSSR count). The van der Waals surface area contributed by atoms with Crippen LogP contribution in [-0.4, -0.2) is 35.6 Å². The fourth-order valence-corrected chi connectivity index (χ4v) is 2.69. The number of hydrogen-bond donors (Lipinski definition) is 1. The van der Waals surface area contributed by atoms with Gasteiger partial charge in [-0.25, -0.2) is 0 Å². The lowest BCUT2D eigenvalue weighted by atomic mass is 9.90. The smallest absolute Gasteiger partial charge is 0.307 e. The van der Waals surface area contributed by atoms with E-state index in [4.69, 9.17) is 5.11 Å². The Morgan fingerprint density at radius 3 is 2.79 bits per heavy atom. The number of benzene rings is 1. The van der Waals surface area contributed by atoms with Gasteiger partial charge in [-0.1, -0.05) is 49.4 Å². The first-order chi connectivity index (χ1) is 9.15. The molecule has 0 aromatic heterocycles. The van der Waals surface area contributed by atoms with Crippen molar-refractivity contribution in [2.45, 2.75) is 13.3 Å². The fraction of sp³-hybridized carbons (Fsp3) is 0.438. The molecule has 1 aromatic carbocycles. The third-order valence-corrected chi connectivity index (χ3v) is 3.56. The summed E-state index contributed by atoms with van der Waals surface area (Å²) in [5.74, 6) is -0.419. The standard InChI is InChI=1S/C16H21NO2/c1-13-10-15(16(18)19)12-17(11-13)9-5-8-14-6-3-2-4-7-14/h2-8,13,15H,9-12H2,1H3,(H,18,19)/b8-5+. The van der Waals surface area contributed by atoms with E-state index in [1.165, 1.54) is 5.56 Å². The summed E-state index contributed by atoms with van der Waals surface area (Å²) < 4.78 is 0. The molecule has 0 radical (unpaired) electrons. The molecule has 2 atom stereocenters. The molecule has 0 spiro atoms. The number of piperidine rings is 1. The Bertz CT molecular complexity index is 441. The SMILES string of the molecule is CC1CC(C(=O)O)CN(C/C=C/c2ccccc2)C1. The highest BCUT2D eigenvalue weighted by molar-refractivity contribution is 5.70. The molecule has 0 aliphatic carbocycles. The van der Waals surface area contributed by atoms with Crippen molar-refractivity contribution in [3.05, 3.63) is 42.0 Å². The number of carboxylic acid groups (broad SMARTS) is 1. The second-order valence-electron chi connectivity index (χ2n) is 5.41. The molecule has 1 aliphatic rings. The lowest BCUT2D eigenvalue weighted by Crippen LogP contribution is -2.42. The predicted molar refractivity (Wildman–Crippen MR) is 76.8 cm³/mol. The Hall–Kier alpha value is -1.61. The van der Waals surface area contributed by atoms with Gasteiger partial charge in [-0.3, -0.25) is 9.69 Å². The van der Waals surface area contributed by atoms with Gasteiger partial charge in [0.2, 0.25) is 0 Å². The first kappa shape index (κ1) is 13.8. The molecule has 1 fully saturated rings. The van der Waals surface area contributed by atoms with E-state index in [9.17, 15) is 4.79 Å². The maximum Gasteiger partial charge on any atom is 0.307 e. The predicted octanol–water partition coefficient (Wildman–Crippen LogP) is 2.74. The molecule has 0 amide bonds. The average Bonchev–Trinajstić information content (AvgIpc) is 2.39. The largest absolute Gasteiger partial charge is 0.481 e. The number of rotatable bonds is 4. The van der Waals surface area contributed by atoms with Crippen molar-refractivity contribution >= 4 is 12.0 Å². The fourth-order valence-electron chi connectivity index (χ4n) is 2.69. The van der Waals surface area contributed by atoms with E-state index >= 15 is 0 Å². The summed E-state index contributed by atoms with van der Waals surface area (Å²) in [4.78, 5) is 13.3. The van der Waals surface area contributed by atoms with Crippen LogP contribution in [0.1, 0.15) is 18.9 Å². The minimum atomic E-state index is -0.663. The van der Waals surface area contributed by atoms with Gasteiger partial charge in [0.15, 0.2) is 0 Å². The molecular formula is C16H21NO2. The summed E-state index contributed by atoms with van der Waals surface area (Å²) in [6.07, 6.45) is 5.01. The van der Waals surface area contributed by atoms with E-state index in [-0.39, 0.29) is 5.92 Å². The lowest BCUT2D eigenvalue weighted by Gasteiger charge is -2.33. The summed E-state index contributed by atoms with van der Waals surface area (Å²) in [7, 11) is 0. The monoisotopic (exact) mass is 259 g/mol. The molecule has 19 heavy (non-hydrogen) atoms. The van der Waals surface area contributed by atoms with E-state index in [1.807, 2.05) is 18.2 Å². The van der Waals surface area contributed by atoms with Crippen LogP contribution in [0.3, 0.4) is 0 Å². The minimum absolute atomic E-state index is 0.214. The number of carbonyl (C=O) groups is 1. The van der Waals surface area contributed by atoms with Gasteiger partial charge in [0.05, 0.1) is 5.92 Å². The molecule has 1 aromatic rings. The van der Waals surface area contributed by atoms with Crippen molar-refractivity contribution in [1.29, 1.82) is 0 Å². The molecule has 0 saturated carbocycles. The highest BCUT2D eigenvalue weighted by atomic mass is 16.4. The van der Waals surface area contributed by atoms with E-state index in [1.54, 1.807) is 0 Å². The van der Waals surface area contributed by atoms with Gasteiger partial charge in [0.25, 0.3) is 0 Å². The highest BCUT2D eigenvalue weighted by Gasteiger charge is 2.28. The first-order valence-corrected chi connectivity index (χ1v) is 6.82. The first-order valence-electron chi connectivity index (χ1n) is 6.82. The molecule has 2 unspecified atom stereocenters. The van der Waals surface area contributed by atoms with Crippen LogP contribution in [0.4, 0.5) is 0 Å². The number of aliphatic carboxylic acids is 1. The van der Waals surface area contributed by atoms with E-state index in [0.29, 0.717) is 12.5 Å². The summed E-state index contributed by atoms with van der Waals surface area (Å²) in [6.45, 7) is 4.60. The quantitative estimate of drug-likeness (QED) is 0.904. The normalized spacial score (nSPS) is 24.7. The molecule has 0 bridgehead atoms. The van der Waals surface area contributed by atoms with E-state index in [0.717, 1.165) is 19.5 Å². The second kappa shape index (κ2) is 6.53. The van der Waals surface area contributed by atoms with Crippen LogP contribution in [-0.2, 0) is 4.79 Å². The number of nitrogens with zero attached hydrogens (tertiary/aromatic N) is 1. The van der Waals surface area contributed by atoms with Gasteiger partial charge in [-0.05, 0) is 17.9 Å². The third-order valence-electron chi connectivity index (χ3n) is 3.56. The van der Waals surface area contributed by atoms with Crippen LogP contribution in [0.25, 0.3) is 6.08 Å². The van der Waals surface area contributed by atoms with Crippen molar-refractivity contribution in [3.8, 4) is 0 Å². The molecule has 1 aliphatic heterocycles. The second-order valence-corrected chi connectivity index (χ2v) is 5.41. The molecule has 102 valence electrons. The van der Waals surface area contributed by atoms with Gasteiger partial charge in [-0.2, -0.15) is 0 Å². The summed E-state index contributed by atoms with van der Waals surface area (Å²) in [6, 6.07) is 10.2. The van der Waals surface area contributed by atoms with Crippen LogP contribution in [0.5, 0.6) is 0 Å². The van der Waals surface area contributed by atoms with Crippen molar-refractivity contribution in [3.63, 3.8) is 0 Å². The van der Waals surface area contributed by atoms with Crippen LogP contribution in [0, 0.1) is 11.8 Å². The number of likely N-dealkylation sites (tertiary alicyclic amines) is 1. The number of hydrogen-bond acceptors (Lipinski definition) is 2. The van der Waals surface area contributed by atoms with Gasteiger partial charge >= 0.3 is 5.97 Å². The highest BCUT2D eigenvalue weighted by Crippen LogP contribution is 2.21. The zero-order valence-corrected chi connectivity index (χ0v) is 11.3. The number of carboxylic acids is 1. The maximum absolute atomic E-state index is 11.1. The zero-order chi connectivity index (χ0) is 13.7. The molecule has 1 N–H and O–H groups in total. The average molecular weight is 259 g/mol. The molecule has 1 heterocycles. The maximum atomic E-state index is 11.1. The molecule has 3 heteroatoms. The van der Waals surface area contributed by atoms with Gasteiger partial charge in [-0.15, -0.1) is 0 Å².